The van der Waals surface area contributed by atoms with E-state index in [1.165, 1.54) is 0 Å². The van der Waals surface area contributed by atoms with Gasteiger partial charge in [0, 0.05) is 13.1 Å². The van der Waals surface area contributed by atoms with Gasteiger partial charge in [-0.2, -0.15) is 0 Å². The molecule has 106 valence electrons. The molecule has 0 radical (unpaired) electrons. The first-order valence-corrected chi connectivity index (χ1v) is 6.59. The second-order valence-electron chi connectivity index (χ2n) is 5.14. The molecule has 0 amide bonds. The summed E-state index contributed by atoms with van der Waals surface area (Å²) in [6.07, 6.45) is 0.699. The Morgan fingerprint density at radius 3 is 2.42 bits per heavy atom. The highest BCUT2D eigenvalue weighted by Crippen LogP contribution is 2.13. The molecule has 4 nitrogen and oxygen atoms in total. The fourth-order valence-corrected chi connectivity index (χ4v) is 1.97. The van der Waals surface area contributed by atoms with Gasteiger partial charge in [0.15, 0.2) is 0 Å². The molecule has 0 saturated heterocycles. The van der Waals surface area contributed by atoms with Crippen LogP contribution in [0.25, 0.3) is 0 Å². The van der Waals surface area contributed by atoms with Crippen LogP contribution in [0.3, 0.4) is 0 Å². The van der Waals surface area contributed by atoms with Crippen LogP contribution in [0.1, 0.15) is 25.8 Å². The summed E-state index contributed by atoms with van der Waals surface area (Å²) in [5, 5.41) is 12.3. The lowest BCUT2D eigenvalue weighted by Gasteiger charge is -2.15. The summed E-state index contributed by atoms with van der Waals surface area (Å²) >= 11 is 0. The molecule has 1 aromatic carbocycles. The lowest BCUT2D eigenvalue weighted by Crippen LogP contribution is -2.29. The van der Waals surface area contributed by atoms with Crippen LogP contribution in [0.5, 0.6) is 5.75 Å². The molecular formula is C15H23NO3. The Morgan fingerprint density at radius 1 is 1.32 bits per heavy atom. The van der Waals surface area contributed by atoms with Crippen molar-refractivity contribution in [3.8, 4) is 5.75 Å². The van der Waals surface area contributed by atoms with Crippen molar-refractivity contribution in [2.24, 2.45) is 11.8 Å². The van der Waals surface area contributed by atoms with Gasteiger partial charge < -0.3 is 15.2 Å². The SMILES string of the molecule is COc1ccc(CNCC(CC(C)C)C(=O)O)cc1. The van der Waals surface area contributed by atoms with Crippen LogP contribution in [0, 0.1) is 11.8 Å². The first kappa shape index (κ1) is 15.5. The molecule has 0 bridgehead atoms. The average molecular weight is 265 g/mol. The number of nitrogens with one attached hydrogen (secondary N) is 1. The third-order valence-electron chi connectivity index (χ3n) is 2.98. The molecule has 0 saturated carbocycles. The number of benzene rings is 1. The van der Waals surface area contributed by atoms with Crippen LogP contribution in [-0.4, -0.2) is 24.7 Å². The highest BCUT2D eigenvalue weighted by molar-refractivity contribution is 5.70. The van der Waals surface area contributed by atoms with Crippen LogP contribution < -0.4 is 10.1 Å². The Hall–Kier alpha value is -1.55. The molecule has 2 N–H and O–H groups in total. The van der Waals surface area contributed by atoms with Crippen molar-refractivity contribution < 1.29 is 14.6 Å². The van der Waals surface area contributed by atoms with Gasteiger partial charge in [0.2, 0.25) is 0 Å². The zero-order valence-corrected chi connectivity index (χ0v) is 11.8. The topological polar surface area (TPSA) is 58.6 Å². The van der Waals surface area contributed by atoms with Gasteiger partial charge in [-0.05, 0) is 30.0 Å². The van der Waals surface area contributed by atoms with Gasteiger partial charge in [0.05, 0.1) is 13.0 Å². The van der Waals surface area contributed by atoms with Crippen LogP contribution in [0.15, 0.2) is 24.3 Å². The molecule has 0 heterocycles. The van der Waals surface area contributed by atoms with Crippen molar-refractivity contribution in [2.75, 3.05) is 13.7 Å². The third-order valence-corrected chi connectivity index (χ3v) is 2.98. The van der Waals surface area contributed by atoms with Gasteiger partial charge in [-0.15, -0.1) is 0 Å². The number of rotatable bonds is 8. The Morgan fingerprint density at radius 2 is 1.95 bits per heavy atom. The van der Waals surface area contributed by atoms with Gasteiger partial charge in [0.25, 0.3) is 0 Å². The van der Waals surface area contributed by atoms with Crippen molar-refractivity contribution in [1.82, 2.24) is 5.32 Å². The molecule has 4 heteroatoms. The Bertz CT molecular complexity index is 387. The van der Waals surface area contributed by atoms with E-state index < -0.39 is 5.97 Å². The molecule has 0 aliphatic heterocycles. The minimum atomic E-state index is -0.726. The highest BCUT2D eigenvalue weighted by atomic mass is 16.5. The predicted octanol–water partition coefficient (Wildman–Crippen LogP) is 2.53. The van der Waals surface area contributed by atoms with E-state index in [0.717, 1.165) is 11.3 Å². The zero-order valence-electron chi connectivity index (χ0n) is 11.8. The number of carboxylic acids is 1. The van der Waals surface area contributed by atoms with Crippen LogP contribution in [0.4, 0.5) is 0 Å². The Kier molecular flexibility index (Phi) is 6.36. The fraction of sp³-hybridized carbons (Fsp3) is 0.533. The summed E-state index contributed by atoms with van der Waals surface area (Å²) < 4.78 is 5.09. The van der Waals surface area contributed by atoms with Crippen LogP contribution >= 0.6 is 0 Å². The molecule has 0 aliphatic carbocycles. The molecule has 1 unspecified atom stereocenters. The number of methoxy groups -OCH3 is 1. The minimum absolute atomic E-state index is 0.321. The molecule has 1 rings (SSSR count). The van der Waals surface area contributed by atoms with E-state index in [2.05, 4.69) is 5.32 Å². The lowest BCUT2D eigenvalue weighted by molar-refractivity contribution is -0.142. The largest absolute Gasteiger partial charge is 0.497 e. The molecular weight excluding hydrogens is 242 g/mol. The van der Waals surface area contributed by atoms with E-state index in [1.807, 2.05) is 38.1 Å². The molecule has 1 atom stereocenters. The smallest absolute Gasteiger partial charge is 0.307 e. The summed E-state index contributed by atoms with van der Waals surface area (Å²) in [6.45, 7) is 5.25. The summed E-state index contributed by atoms with van der Waals surface area (Å²) in [5.41, 5.74) is 1.12. The number of carbonyl (C=O) groups is 1. The summed E-state index contributed by atoms with van der Waals surface area (Å²) in [5.74, 6) is 0.171. The molecule has 1 aromatic rings. The average Bonchev–Trinajstić information content (AvgIpc) is 2.37. The molecule has 0 aliphatic rings. The Labute approximate surface area is 114 Å². The summed E-state index contributed by atoms with van der Waals surface area (Å²) in [7, 11) is 1.64. The number of ether oxygens (including phenoxy) is 1. The van der Waals surface area contributed by atoms with E-state index in [0.29, 0.717) is 25.4 Å². The molecule has 0 fully saturated rings. The van der Waals surface area contributed by atoms with Gasteiger partial charge >= 0.3 is 5.97 Å². The van der Waals surface area contributed by atoms with E-state index in [9.17, 15) is 4.79 Å². The number of aliphatic carboxylic acids is 1. The van der Waals surface area contributed by atoms with E-state index in [1.54, 1.807) is 7.11 Å². The molecule has 19 heavy (non-hydrogen) atoms. The van der Waals surface area contributed by atoms with Gasteiger partial charge in [-0.25, -0.2) is 0 Å². The number of carboxylic acid groups (broad SMARTS) is 1. The van der Waals surface area contributed by atoms with E-state index in [-0.39, 0.29) is 5.92 Å². The Balaban J connectivity index is 2.40. The summed E-state index contributed by atoms with van der Waals surface area (Å²) in [6, 6.07) is 7.76. The van der Waals surface area contributed by atoms with Crippen LogP contribution in [0.2, 0.25) is 0 Å². The second kappa shape index (κ2) is 7.79. The quantitative estimate of drug-likeness (QED) is 0.758. The van der Waals surface area contributed by atoms with Crippen molar-refractivity contribution in [2.45, 2.75) is 26.8 Å². The van der Waals surface area contributed by atoms with Crippen molar-refractivity contribution in [1.29, 1.82) is 0 Å². The predicted molar refractivity (Wildman–Crippen MR) is 75.3 cm³/mol. The van der Waals surface area contributed by atoms with Crippen molar-refractivity contribution >= 4 is 5.97 Å². The lowest BCUT2D eigenvalue weighted by atomic mass is 9.97. The fourth-order valence-electron chi connectivity index (χ4n) is 1.97. The van der Waals surface area contributed by atoms with E-state index >= 15 is 0 Å². The molecule has 0 aromatic heterocycles. The molecule has 0 spiro atoms. The van der Waals surface area contributed by atoms with Crippen molar-refractivity contribution in [3.05, 3.63) is 29.8 Å². The maximum Gasteiger partial charge on any atom is 0.307 e. The first-order valence-electron chi connectivity index (χ1n) is 6.59. The third kappa shape index (κ3) is 5.75. The standard InChI is InChI=1S/C15H23NO3/c1-11(2)8-13(15(17)18)10-16-9-12-4-6-14(19-3)7-5-12/h4-7,11,13,16H,8-10H2,1-3H3,(H,17,18). The first-order chi connectivity index (χ1) is 9.02. The number of hydrogen-bond donors (Lipinski definition) is 2. The monoisotopic (exact) mass is 265 g/mol. The second-order valence-corrected chi connectivity index (χ2v) is 5.14. The maximum absolute atomic E-state index is 11.1. The normalized spacial score (nSPS) is 12.4. The maximum atomic E-state index is 11.1. The summed E-state index contributed by atoms with van der Waals surface area (Å²) in [4.78, 5) is 11.1. The van der Waals surface area contributed by atoms with Gasteiger partial charge in [0.1, 0.15) is 5.75 Å². The van der Waals surface area contributed by atoms with E-state index in [4.69, 9.17) is 9.84 Å². The number of hydrogen-bond acceptors (Lipinski definition) is 3. The van der Waals surface area contributed by atoms with Crippen molar-refractivity contribution in [3.63, 3.8) is 0 Å². The van der Waals surface area contributed by atoms with Gasteiger partial charge in [-0.1, -0.05) is 26.0 Å². The zero-order chi connectivity index (χ0) is 14.3. The minimum Gasteiger partial charge on any atom is -0.497 e. The highest BCUT2D eigenvalue weighted by Gasteiger charge is 2.18. The van der Waals surface area contributed by atoms with Crippen LogP contribution in [-0.2, 0) is 11.3 Å². The van der Waals surface area contributed by atoms with Gasteiger partial charge in [-0.3, -0.25) is 4.79 Å².